The predicted molar refractivity (Wildman–Crippen MR) is 88.4 cm³/mol. The molecule has 1 aliphatic heterocycles. The maximum atomic E-state index is 12.5. The van der Waals surface area contributed by atoms with E-state index in [1.54, 1.807) is 6.07 Å². The number of ether oxygens (including phenoxy) is 1. The Hall–Kier alpha value is -1.16. The van der Waals surface area contributed by atoms with Crippen LogP contribution >= 0.6 is 22.9 Å². The van der Waals surface area contributed by atoms with Crippen molar-refractivity contribution in [3.05, 3.63) is 16.5 Å². The van der Waals surface area contributed by atoms with Crippen LogP contribution < -0.4 is 0 Å². The summed E-state index contributed by atoms with van der Waals surface area (Å²) in [5.41, 5.74) is 0. The number of sulfonamides is 1. The van der Waals surface area contributed by atoms with Gasteiger partial charge in [-0.3, -0.25) is 9.59 Å². The summed E-state index contributed by atoms with van der Waals surface area (Å²) in [6.07, 6.45) is 1.66. The average molecular weight is 393 g/mol. The molecule has 10 heteroatoms. The number of amides is 1. The number of rotatable bonds is 5. The second-order valence-corrected chi connectivity index (χ2v) is 9.61. The Kier molecular flexibility index (Phi) is 5.14. The number of carbonyl (C=O) groups excluding carboxylic acids is 2. The molecule has 24 heavy (non-hydrogen) atoms. The highest BCUT2D eigenvalue weighted by Gasteiger charge is 2.33. The summed E-state index contributed by atoms with van der Waals surface area (Å²) in [6.45, 7) is 0.694. The number of carbonyl (C=O) groups is 2. The molecule has 2 heterocycles. The van der Waals surface area contributed by atoms with Gasteiger partial charge in [0.25, 0.3) is 15.9 Å². The Morgan fingerprint density at radius 2 is 1.88 bits per heavy atom. The van der Waals surface area contributed by atoms with Crippen molar-refractivity contribution in [2.45, 2.75) is 17.1 Å². The van der Waals surface area contributed by atoms with Crippen LogP contribution in [0.15, 0.2) is 16.3 Å². The number of piperazine rings is 1. The lowest BCUT2D eigenvalue weighted by Gasteiger charge is -2.33. The lowest BCUT2D eigenvalue weighted by atomic mass is 10.3. The minimum absolute atomic E-state index is 0.0441. The molecule has 0 spiro atoms. The van der Waals surface area contributed by atoms with Crippen molar-refractivity contribution in [1.29, 1.82) is 0 Å². The summed E-state index contributed by atoms with van der Waals surface area (Å²) in [6, 6.07) is 3.03. The molecule has 1 saturated heterocycles. The first-order valence-corrected chi connectivity index (χ1v) is 10.2. The van der Waals surface area contributed by atoms with Gasteiger partial charge >= 0.3 is 5.97 Å². The van der Waals surface area contributed by atoms with Crippen molar-refractivity contribution in [2.75, 3.05) is 32.8 Å². The van der Waals surface area contributed by atoms with E-state index in [1.165, 1.54) is 15.3 Å². The molecule has 0 atom stereocenters. The normalized spacial score (nSPS) is 19.3. The third-order valence-corrected chi connectivity index (χ3v) is 7.58. The topological polar surface area (TPSA) is 84.0 Å². The van der Waals surface area contributed by atoms with Gasteiger partial charge in [0.05, 0.1) is 10.3 Å². The van der Waals surface area contributed by atoms with Crippen molar-refractivity contribution >= 4 is 44.8 Å². The molecular weight excluding hydrogens is 376 g/mol. The maximum absolute atomic E-state index is 12.5. The fraction of sp³-hybridized carbons (Fsp3) is 0.571. The highest BCUT2D eigenvalue weighted by atomic mass is 35.5. The second kappa shape index (κ2) is 6.99. The van der Waals surface area contributed by atoms with E-state index in [1.807, 2.05) is 0 Å². The van der Waals surface area contributed by atoms with Gasteiger partial charge in [-0.2, -0.15) is 4.31 Å². The molecular formula is C14H17ClN2O5S2. The third-order valence-electron chi connectivity index (χ3n) is 3.98. The number of nitrogens with zero attached hydrogens (tertiary/aromatic N) is 2. The van der Waals surface area contributed by atoms with Crippen LogP contribution in [0.25, 0.3) is 0 Å². The van der Waals surface area contributed by atoms with Crippen molar-refractivity contribution in [3.63, 3.8) is 0 Å². The Balaban J connectivity index is 1.51. The minimum Gasteiger partial charge on any atom is -0.455 e. The molecule has 1 aliphatic carbocycles. The largest absolute Gasteiger partial charge is 0.455 e. The average Bonchev–Trinajstić information content (AvgIpc) is 3.33. The SMILES string of the molecule is O=C(OCC(=O)N1CCN(S(=O)(=O)c2ccc(Cl)s2)CC1)C1CC1. The van der Waals surface area contributed by atoms with Crippen molar-refractivity contribution in [2.24, 2.45) is 5.92 Å². The molecule has 0 aromatic carbocycles. The van der Waals surface area contributed by atoms with Gasteiger partial charge in [-0.05, 0) is 25.0 Å². The van der Waals surface area contributed by atoms with Crippen LogP contribution in [0.2, 0.25) is 4.34 Å². The van der Waals surface area contributed by atoms with E-state index in [-0.39, 0.29) is 54.8 Å². The van der Waals surface area contributed by atoms with Crippen molar-refractivity contribution in [1.82, 2.24) is 9.21 Å². The lowest BCUT2D eigenvalue weighted by Crippen LogP contribution is -2.51. The van der Waals surface area contributed by atoms with Gasteiger partial charge in [0.15, 0.2) is 6.61 Å². The van der Waals surface area contributed by atoms with Gasteiger partial charge in [-0.1, -0.05) is 11.6 Å². The van der Waals surface area contributed by atoms with Crippen LogP contribution in [-0.2, 0) is 24.3 Å². The first-order chi connectivity index (χ1) is 11.4. The highest BCUT2D eigenvalue weighted by Crippen LogP contribution is 2.30. The highest BCUT2D eigenvalue weighted by molar-refractivity contribution is 7.91. The van der Waals surface area contributed by atoms with Gasteiger partial charge < -0.3 is 9.64 Å². The molecule has 2 aliphatic rings. The zero-order valence-corrected chi connectivity index (χ0v) is 15.2. The van der Waals surface area contributed by atoms with Crippen molar-refractivity contribution in [3.8, 4) is 0 Å². The second-order valence-electron chi connectivity index (χ2n) is 5.73. The van der Waals surface area contributed by atoms with Gasteiger partial charge in [0, 0.05) is 26.2 Å². The minimum atomic E-state index is -3.57. The lowest BCUT2D eigenvalue weighted by molar-refractivity contribution is -0.153. The Labute approximate surface area is 149 Å². The van der Waals surface area contributed by atoms with E-state index in [9.17, 15) is 18.0 Å². The van der Waals surface area contributed by atoms with E-state index >= 15 is 0 Å². The monoisotopic (exact) mass is 392 g/mol. The molecule has 1 aromatic rings. The molecule has 1 aromatic heterocycles. The number of esters is 1. The Morgan fingerprint density at radius 3 is 2.42 bits per heavy atom. The van der Waals surface area contributed by atoms with Crippen LogP contribution in [0, 0.1) is 5.92 Å². The quantitative estimate of drug-likeness (QED) is 0.703. The summed E-state index contributed by atoms with van der Waals surface area (Å²) in [7, 11) is -3.57. The first-order valence-electron chi connectivity index (χ1n) is 7.58. The molecule has 132 valence electrons. The molecule has 0 N–H and O–H groups in total. The Bertz CT molecular complexity index is 736. The van der Waals surface area contributed by atoms with Crippen LogP contribution in [0.4, 0.5) is 0 Å². The fourth-order valence-corrected chi connectivity index (χ4v) is 5.46. The standard InChI is InChI=1S/C14H17ClN2O5S2/c15-11-3-4-13(23-11)24(20,21)17-7-5-16(6-8-17)12(18)9-22-14(19)10-1-2-10/h3-4,10H,1-2,5-9H2. The number of thiophene rings is 1. The van der Waals surface area contributed by atoms with Gasteiger partial charge in [0.2, 0.25) is 0 Å². The summed E-state index contributed by atoms with van der Waals surface area (Å²) in [4.78, 5) is 25.0. The number of halogens is 1. The molecule has 0 unspecified atom stereocenters. The summed E-state index contributed by atoms with van der Waals surface area (Å²) < 4.78 is 31.9. The molecule has 2 fully saturated rings. The number of hydrogen-bond acceptors (Lipinski definition) is 6. The molecule has 0 bridgehead atoms. The van der Waals surface area contributed by atoms with Crippen molar-refractivity contribution < 1.29 is 22.7 Å². The van der Waals surface area contributed by atoms with Gasteiger partial charge in [-0.25, -0.2) is 8.42 Å². The van der Waals surface area contributed by atoms with E-state index in [4.69, 9.17) is 16.3 Å². The van der Waals surface area contributed by atoms with Gasteiger partial charge in [0.1, 0.15) is 4.21 Å². The molecule has 7 nitrogen and oxygen atoms in total. The summed E-state index contributed by atoms with van der Waals surface area (Å²) in [5.74, 6) is -0.656. The smallest absolute Gasteiger partial charge is 0.309 e. The summed E-state index contributed by atoms with van der Waals surface area (Å²) in [5, 5.41) is 0. The summed E-state index contributed by atoms with van der Waals surface area (Å²) >= 11 is 6.81. The van der Waals surface area contributed by atoms with Gasteiger partial charge in [-0.15, -0.1) is 11.3 Å². The zero-order chi connectivity index (χ0) is 17.3. The molecule has 0 radical (unpaired) electrons. The van der Waals surface area contributed by atoms with Crippen LogP contribution in [0.3, 0.4) is 0 Å². The van der Waals surface area contributed by atoms with Crippen LogP contribution in [0.5, 0.6) is 0 Å². The van der Waals surface area contributed by atoms with E-state index < -0.39 is 10.0 Å². The molecule has 1 amide bonds. The number of hydrogen-bond donors (Lipinski definition) is 0. The third kappa shape index (κ3) is 3.90. The van der Waals surface area contributed by atoms with Crippen LogP contribution in [0.1, 0.15) is 12.8 Å². The fourth-order valence-electron chi connectivity index (χ4n) is 2.40. The van der Waals surface area contributed by atoms with E-state index in [0.29, 0.717) is 4.34 Å². The van der Waals surface area contributed by atoms with Crippen LogP contribution in [-0.4, -0.2) is 62.3 Å². The molecule has 3 rings (SSSR count). The Morgan fingerprint density at radius 1 is 1.21 bits per heavy atom. The maximum Gasteiger partial charge on any atom is 0.309 e. The molecule has 1 saturated carbocycles. The zero-order valence-electron chi connectivity index (χ0n) is 12.8. The predicted octanol–water partition coefficient (Wildman–Crippen LogP) is 1.19. The van der Waals surface area contributed by atoms with E-state index in [2.05, 4.69) is 0 Å². The first kappa shape index (κ1) is 17.7. The van der Waals surface area contributed by atoms with E-state index in [0.717, 1.165) is 24.2 Å².